The lowest BCUT2D eigenvalue weighted by molar-refractivity contribution is 0.0364. The van der Waals surface area contributed by atoms with Crippen LogP contribution in [0.2, 0.25) is 0 Å². The Balaban J connectivity index is 1.97. The molecular formula is C14H20N2O5S. The topological polar surface area (TPSA) is 93.7 Å². The van der Waals surface area contributed by atoms with Crippen molar-refractivity contribution in [2.24, 2.45) is 0 Å². The van der Waals surface area contributed by atoms with Crippen LogP contribution in [-0.4, -0.2) is 40.2 Å². The van der Waals surface area contributed by atoms with E-state index in [1.54, 1.807) is 6.92 Å². The van der Waals surface area contributed by atoms with Crippen LogP contribution in [-0.2, 0) is 19.6 Å². The third-order valence-electron chi connectivity index (χ3n) is 3.26. The smallest absolute Gasteiger partial charge is 0.274 e. The lowest BCUT2D eigenvalue weighted by atomic mass is 10.2. The average molecular weight is 328 g/mol. The Morgan fingerprint density at radius 3 is 2.68 bits per heavy atom. The maximum Gasteiger partial charge on any atom is 0.274 e. The number of hydrogen-bond acceptors (Lipinski definition) is 5. The predicted octanol–water partition coefficient (Wildman–Crippen LogP) is 0.825. The van der Waals surface area contributed by atoms with Crippen molar-refractivity contribution in [1.82, 2.24) is 10.2 Å². The second-order valence-electron chi connectivity index (χ2n) is 4.88. The molecule has 0 saturated carbocycles. The summed E-state index contributed by atoms with van der Waals surface area (Å²) in [5, 5.41) is 0. The number of ether oxygens (including phenoxy) is 1. The van der Waals surface area contributed by atoms with Crippen molar-refractivity contribution in [3.05, 3.63) is 29.8 Å². The van der Waals surface area contributed by atoms with Gasteiger partial charge in [0.25, 0.3) is 5.91 Å². The molecule has 22 heavy (non-hydrogen) atoms. The van der Waals surface area contributed by atoms with Gasteiger partial charge in [0.15, 0.2) is 0 Å². The summed E-state index contributed by atoms with van der Waals surface area (Å²) in [7, 11) is -3.60. The maximum atomic E-state index is 12.2. The molecule has 2 rings (SSSR count). The highest BCUT2D eigenvalue weighted by Crippen LogP contribution is 2.14. The van der Waals surface area contributed by atoms with Crippen molar-refractivity contribution in [2.75, 3.05) is 19.8 Å². The van der Waals surface area contributed by atoms with Crippen molar-refractivity contribution in [2.45, 2.75) is 30.8 Å². The van der Waals surface area contributed by atoms with Crippen LogP contribution in [0.4, 0.5) is 0 Å². The number of carbonyl (C=O) groups is 1. The predicted molar refractivity (Wildman–Crippen MR) is 79.7 cm³/mol. The summed E-state index contributed by atoms with van der Waals surface area (Å²) in [6.07, 6.45) is 1.75. The van der Waals surface area contributed by atoms with Crippen molar-refractivity contribution in [3.8, 4) is 0 Å². The molecule has 122 valence electrons. The summed E-state index contributed by atoms with van der Waals surface area (Å²) in [4.78, 5) is 16.6. The van der Waals surface area contributed by atoms with Gasteiger partial charge in [-0.15, -0.1) is 0 Å². The minimum atomic E-state index is -3.60. The molecule has 1 atom stereocenters. The first-order valence-corrected chi connectivity index (χ1v) is 8.64. The van der Waals surface area contributed by atoms with Gasteiger partial charge in [-0.2, -0.15) is 0 Å². The van der Waals surface area contributed by atoms with Gasteiger partial charge >= 0.3 is 0 Å². The fourth-order valence-electron chi connectivity index (χ4n) is 2.07. The second-order valence-corrected chi connectivity index (χ2v) is 6.64. The molecule has 1 heterocycles. The van der Waals surface area contributed by atoms with Crippen molar-refractivity contribution >= 4 is 15.9 Å². The van der Waals surface area contributed by atoms with Gasteiger partial charge in [0.05, 0.1) is 17.6 Å². The highest BCUT2D eigenvalue weighted by molar-refractivity contribution is 7.89. The van der Waals surface area contributed by atoms with E-state index in [0.717, 1.165) is 12.8 Å². The quantitative estimate of drug-likeness (QED) is 0.723. The zero-order chi connectivity index (χ0) is 16.0. The number of benzene rings is 1. The monoisotopic (exact) mass is 328 g/mol. The van der Waals surface area contributed by atoms with Crippen LogP contribution < -0.4 is 10.2 Å². The zero-order valence-corrected chi connectivity index (χ0v) is 13.2. The highest BCUT2D eigenvalue weighted by Gasteiger charge is 2.20. The van der Waals surface area contributed by atoms with Gasteiger partial charge in [-0.25, -0.2) is 18.6 Å². The van der Waals surface area contributed by atoms with Crippen LogP contribution >= 0.6 is 0 Å². The fraction of sp³-hybridized carbons (Fsp3) is 0.500. The molecule has 0 unspecified atom stereocenters. The number of amides is 1. The molecule has 0 spiro atoms. The number of rotatable bonds is 7. The lowest BCUT2D eigenvalue weighted by Crippen LogP contribution is -2.31. The van der Waals surface area contributed by atoms with Crippen LogP contribution in [0.3, 0.4) is 0 Å². The van der Waals surface area contributed by atoms with E-state index in [1.807, 2.05) is 0 Å². The number of hydrogen-bond donors (Lipinski definition) is 2. The fourth-order valence-corrected chi connectivity index (χ4v) is 3.14. The molecule has 2 N–H and O–H groups in total. The largest absolute Gasteiger partial charge is 0.377 e. The van der Waals surface area contributed by atoms with Gasteiger partial charge < -0.3 is 4.74 Å². The Bertz CT molecular complexity index is 594. The van der Waals surface area contributed by atoms with Gasteiger partial charge in [0.2, 0.25) is 10.0 Å². The minimum absolute atomic E-state index is 0.0639. The van der Waals surface area contributed by atoms with Crippen LogP contribution in [0.5, 0.6) is 0 Å². The molecule has 1 saturated heterocycles. The first kappa shape index (κ1) is 16.9. The van der Waals surface area contributed by atoms with Gasteiger partial charge in [-0.3, -0.25) is 9.63 Å². The normalized spacial score (nSPS) is 18.3. The average Bonchev–Trinajstić information content (AvgIpc) is 3.04. The van der Waals surface area contributed by atoms with E-state index in [-0.39, 0.29) is 17.5 Å². The molecule has 8 heteroatoms. The van der Waals surface area contributed by atoms with E-state index < -0.39 is 15.9 Å². The molecule has 0 aromatic heterocycles. The zero-order valence-electron chi connectivity index (χ0n) is 12.4. The molecule has 1 aromatic rings. The first-order valence-electron chi connectivity index (χ1n) is 7.16. The summed E-state index contributed by atoms with van der Waals surface area (Å²) in [6, 6.07) is 5.65. The van der Waals surface area contributed by atoms with Gasteiger partial charge in [-0.1, -0.05) is 0 Å². The summed E-state index contributed by atoms with van der Waals surface area (Å²) >= 11 is 0. The minimum Gasteiger partial charge on any atom is -0.377 e. The van der Waals surface area contributed by atoms with Crippen LogP contribution in [0.15, 0.2) is 29.2 Å². The molecular weight excluding hydrogens is 308 g/mol. The van der Waals surface area contributed by atoms with Gasteiger partial charge in [-0.05, 0) is 44.0 Å². The SMILES string of the molecule is CCONC(=O)c1ccc(S(=O)(=O)NC[C@@H]2CCCO2)cc1. The molecule has 0 aliphatic carbocycles. The summed E-state index contributed by atoms with van der Waals surface area (Å²) in [5.41, 5.74) is 2.57. The van der Waals surface area contributed by atoms with Crippen molar-refractivity contribution in [3.63, 3.8) is 0 Å². The Morgan fingerprint density at radius 2 is 2.09 bits per heavy atom. The Kier molecular flexibility index (Phi) is 5.90. The summed E-state index contributed by atoms with van der Waals surface area (Å²) < 4.78 is 32.2. The third kappa shape index (κ3) is 4.51. The maximum absolute atomic E-state index is 12.2. The molecule has 7 nitrogen and oxygen atoms in total. The molecule has 1 aromatic carbocycles. The van der Waals surface area contributed by atoms with E-state index >= 15 is 0 Å². The van der Waals surface area contributed by atoms with Crippen molar-refractivity contribution < 1.29 is 22.8 Å². The number of sulfonamides is 1. The van der Waals surface area contributed by atoms with Crippen LogP contribution in [0.1, 0.15) is 30.1 Å². The second kappa shape index (κ2) is 7.68. The third-order valence-corrected chi connectivity index (χ3v) is 4.70. The van der Waals surface area contributed by atoms with E-state index in [1.165, 1.54) is 24.3 Å². The van der Waals surface area contributed by atoms with Crippen LogP contribution in [0, 0.1) is 0 Å². The van der Waals surface area contributed by atoms with Gasteiger partial charge in [0.1, 0.15) is 0 Å². The van der Waals surface area contributed by atoms with E-state index in [9.17, 15) is 13.2 Å². The molecule has 0 radical (unpaired) electrons. The molecule has 0 bridgehead atoms. The summed E-state index contributed by atoms with van der Waals surface area (Å²) in [6.45, 7) is 3.03. The molecule has 1 aliphatic rings. The highest BCUT2D eigenvalue weighted by atomic mass is 32.2. The molecule has 1 aliphatic heterocycles. The van der Waals surface area contributed by atoms with Gasteiger partial charge in [0, 0.05) is 18.7 Å². The van der Waals surface area contributed by atoms with E-state index in [2.05, 4.69) is 10.2 Å². The number of carbonyl (C=O) groups excluding carboxylic acids is 1. The van der Waals surface area contributed by atoms with Crippen LogP contribution in [0.25, 0.3) is 0 Å². The Hall–Kier alpha value is -1.48. The Morgan fingerprint density at radius 1 is 1.36 bits per heavy atom. The summed E-state index contributed by atoms with van der Waals surface area (Å²) in [5.74, 6) is -0.418. The standard InChI is InChI=1S/C14H20N2O5S/c1-2-21-16-14(17)11-5-7-13(8-6-11)22(18,19)15-10-12-4-3-9-20-12/h5-8,12,15H,2-4,9-10H2,1H3,(H,16,17)/t12-/m0/s1. The molecule has 1 fully saturated rings. The van der Waals surface area contributed by atoms with E-state index in [0.29, 0.717) is 18.8 Å². The lowest BCUT2D eigenvalue weighted by Gasteiger charge is -2.11. The first-order chi connectivity index (χ1) is 10.5. The molecule has 1 amide bonds. The number of hydroxylamine groups is 1. The van der Waals surface area contributed by atoms with E-state index in [4.69, 9.17) is 9.57 Å². The Labute approximate surface area is 130 Å². The van der Waals surface area contributed by atoms with Crippen molar-refractivity contribution in [1.29, 1.82) is 0 Å². The number of nitrogens with one attached hydrogen (secondary N) is 2.